The monoisotopic (exact) mass is 333 g/mol. The molecule has 1 unspecified atom stereocenters. The van der Waals surface area contributed by atoms with Crippen LogP contribution in [0, 0.1) is 5.82 Å². The minimum Gasteiger partial charge on any atom is -0.349 e. The molecule has 23 heavy (non-hydrogen) atoms. The number of hydrogen-bond donors (Lipinski definition) is 1. The van der Waals surface area contributed by atoms with Crippen LogP contribution in [-0.4, -0.2) is 20.1 Å². The average molecular weight is 333 g/mol. The number of amides is 1. The molecule has 0 aromatic heterocycles. The summed E-state index contributed by atoms with van der Waals surface area (Å²) in [5, 5.41) is 2.82. The normalized spacial score (nSPS) is 18.9. The van der Waals surface area contributed by atoms with Crippen molar-refractivity contribution in [3.05, 3.63) is 65.5 Å². The van der Waals surface area contributed by atoms with Gasteiger partial charge >= 0.3 is 0 Å². The first kappa shape index (κ1) is 15.7. The van der Waals surface area contributed by atoms with E-state index >= 15 is 0 Å². The van der Waals surface area contributed by atoms with E-state index in [1.807, 2.05) is 0 Å². The Balaban J connectivity index is 1.79. The number of benzene rings is 2. The molecule has 4 nitrogen and oxygen atoms in total. The maximum Gasteiger partial charge on any atom is 0.225 e. The fraction of sp³-hybridized carbons (Fsp3) is 0.235. The maximum absolute atomic E-state index is 13.6. The Labute approximate surface area is 134 Å². The van der Waals surface area contributed by atoms with E-state index in [1.165, 1.54) is 6.07 Å². The molecule has 1 atom stereocenters. The Hall–Kier alpha value is -2.21. The summed E-state index contributed by atoms with van der Waals surface area (Å²) in [5.41, 5.74) is 0.919. The van der Waals surface area contributed by atoms with Crippen molar-refractivity contribution < 1.29 is 17.6 Å². The smallest absolute Gasteiger partial charge is 0.225 e. The molecule has 0 bridgehead atoms. The van der Waals surface area contributed by atoms with E-state index in [-0.39, 0.29) is 29.0 Å². The molecule has 1 aliphatic heterocycles. The Morgan fingerprint density at radius 3 is 2.61 bits per heavy atom. The summed E-state index contributed by atoms with van der Waals surface area (Å²) < 4.78 is 37.8. The van der Waals surface area contributed by atoms with Gasteiger partial charge in [-0.3, -0.25) is 4.79 Å². The van der Waals surface area contributed by atoms with Crippen molar-refractivity contribution in [2.45, 2.75) is 23.8 Å². The van der Waals surface area contributed by atoms with Crippen LogP contribution in [0.15, 0.2) is 53.4 Å². The second-order valence-corrected chi connectivity index (χ2v) is 7.61. The molecular weight excluding hydrogens is 317 g/mol. The highest BCUT2D eigenvalue weighted by Crippen LogP contribution is 2.31. The number of carbonyl (C=O) groups excluding carboxylic acids is 1. The van der Waals surface area contributed by atoms with Crippen molar-refractivity contribution in [1.29, 1.82) is 0 Å². The minimum atomic E-state index is -3.29. The largest absolute Gasteiger partial charge is 0.349 e. The van der Waals surface area contributed by atoms with Crippen molar-refractivity contribution in [3.63, 3.8) is 0 Å². The van der Waals surface area contributed by atoms with Crippen molar-refractivity contribution in [2.24, 2.45) is 0 Å². The SMILES string of the molecule is O=C(Cc1ccccc1F)NC1CCS(=O)(=O)c2ccccc21. The summed E-state index contributed by atoms with van der Waals surface area (Å²) in [5.74, 6) is -0.752. The van der Waals surface area contributed by atoms with E-state index < -0.39 is 15.7 Å². The van der Waals surface area contributed by atoms with E-state index in [9.17, 15) is 17.6 Å². The highest BCUT2D eigenvalue weighted by atomic mass is 32.2. The van der Waals surface area contributed by atoms with Gasteiger partial charge in [0, 0.05) is 0 Å². The van der Waals surface area contributed by atoms with Gasteiger partial charge in [-0.15, -0.1) is 0 Å². The van der Waals surface area contributed by atoms with E-state index in [0.29, 0.717) is 17.5 Å². The van der Waals surface area contributed by atoms with Gasteiger partial charge in [0.2, 0.25) is 5.91 Å². The van der Waals surface area contributed by atoms with E-state index in [2.05, 4.69) is 5.32 Å². The molecule has 6 heteroatoms. The second kappa shape index (κ2) is 6.12. The van der Waals surface area contributed by atoms with Crippen LogP contribution in [0.2, 0.25) is 0 Å². The van der Waals surface area contributed by atoms with Crippen LogP contribution < -0.4 is 5.32 Å². The number of hydrogen-bond acceptors (Lipinski definition) is 3. The van der Waals surface area contributed by atoms with Crippen LogP contribution in [-0.2, 0) is 21.1 Å². The average Bonchev–Trinajstić information content (AvgIpc) is 2.53. The molecule has 0 radical (unpaired) electrons. The molecule has 120 valence electrons. The van der Waals surface area contributed by atoms with Gasteiger partial charge in [0.15, 0.2) is 9.84 Å². The van der Waals surface area contributed by atoms with E-state index in [4.69, 9.17) is 0 Å². The van der Waals surface area contributed by atoms with Crippen LogP contribution in [0.5, 0.6) is 0 Å². The Morgan fingerprint density at radius 1 is 1.13 bits per heavy atom. The van der Waals surface area contributed by atoms with Gasteiger partial charge in [0.05, 0.1) is 23.1 Å². The first-order valence-electron chi connectivity index (χ1n) is 7.32. The summed E-state index contributed by atoms with van der Waals surface area (Å²) in [6, 6.07) is 12.4. The standard InChI is InChI=1S/C17H16FNO3S/c18-14-7-3-1-5-12(14)11-17(20)19-15-9-10-23(21,22)16-8-4-2-6-13(15)16/h1-8,15H,9-11H2,(H,19,20). The van der Waals surface area contributed by atoms with Crippen molar-refractivity contribution >= 4 is 15.7 Å². The fourth-order valence-corrected chi connectivity index (χ4v) is 4.42. The molecule has 3 rings (SSSR count). The first-order valence-corrected chi connectivity index (χ1v) is 8.97. The molecule has 0 fully saturated rings. The Morgan fingerprint density at radius 2 is 1.83 bits per heavy atom. The lowest BCUT2D eigenvalue weighted by Crippen LogP contribution is -2.34. The summed E-state index contributed by atoms with van der Waals surface area (Å²) >= 11 is 0. The van der Waals surface area contributed by atoms with E-state index in [0.717, 1.165) is 0 Å². The summed E-state index contributed by atoms with van der Waals surface area (Å²) in [6.07, 6.45) is 0.250. The maximum atomic E-state index is 13.6. The van der Waals surface area contributed by atoms with Gasteiger partial charge < -0.3 is 5.32 Å². The number of rotatable bonds is 3. The van der Waals surface area contributed by atoms with Gasteiger partial charge in [-0.25, -0.2) is 12.8 Å². The van der Waals surface area contributed by atoms with Crippen LogP contribution >= 0.6 is 0 Å². The predicted molar refractivity (Wildman–Crippen MR) is 84.1 cm³/mol. The molecule has 2 aromatic carbocycles. The molecule has 1 amide bonds. The minimum absolute atomic E-state index is 0.00530. The van der Waals surface area contributed by atoms with Gasteiger partial charge in [-0.2, -0.15) is 0 Å². The van der Waals surface area contributed by atoms with Gasteiger partial charge in [0.25, 0.3) is 0 Å². The van der Waals surface area contributed by atoms with Gasteiger partial charge in [-0.1, -0.05) is 36.4 Å². The molecule has 0 spiro atoms. The van der Waals surface area contributed by atoms with Crippen molar-refractivity contribution in [2.75, 3.05) is 5.75 Å². The lowest BCUT2D eigenvalue weighted by molar-refractivity contribution is -0.121. The molecule has 0 saturated carbocycles. The van der Waals surface area contributed by atoms with Crippen LogP contribution in [0.25, 0.3) is 0 Å². The quantitative estimate of drug-likeness (QED) is 0.938. The first-order chi connectivity index (χ1) is 11.0. The fourth-order valence-electron chi connectivity index (χ4n) is 2.80. The zero-order valence-electron chi connectivity index (χ0n) is 12.3. The zero-order chi connectivity index (χ0) is 16.4. The highest BCUT2D eigenvalue weighted by molar-refractivity contribution is 7.91. The summed E-state index contributed by atoms with van der Waals surface area (Å²) in [7, 11) is -3.29. The molecule has 1 N–H and O–H groups in total. The van der Waals surface area contributed by atoms with Gasteiger partial charge in [0.1, 0.15) is 5.82 Å². The predicted octanol–water partition coefficient (Wildman–Crippen LogP) is 2.40. The molecule has 0 aliphatic carbocycles. The third-order valence-electron chi connectivity index (χ3n) is 3.95. The topological polar surface area (TPSA) is 63.2 Å². The Bertz CT molecular complexity index is 848. The second-order valence-electron chi connectivity index (χ2n) is 5.53. The molecule has 0 saturated heterocycles. The lowest BCUT2D eigenvalue weighted by Gasteiger charge is -2.26. The third-order valence-corrected chi connectivity index (χ3v) is 5.76. The Kier molecular flexibility index (Phi) is 4.17. The summed E-state index contributed by atoms with van der Waals surface area (Å²) in [6.45, 7) is 0. The number of sulfone groups is 1. The molecular formula is C17H16FNO3S. The molecule has 1 aliphatic rings. The molecule has 1 heterocycles. The van der Waals surface area contributed by atoms with Crippen LogP contribution in [0.1, 0.15) is 23.6 Å². The molecule has 2 aromatic rings. The van der Waals surface area contributed by atoms with Crippen LogP contribution in [0.4, 0.5) is 4.39 Å². The zero-order valence-corrected chi connectivity index (χ0v) is 13.1. The van der Waals surface area contributed by atoms with Gasteiger partial charge in [-0.05, 0) is 29.7 Å². The van der Waals surface area contributed by atoms with Crippen LogP contribution in [0.3, 0.4) is 0 Å². The number of carbonyl (C=O) groups is 1. The van der Waals surface area contributed by atoms with Crippen molar-refractivity contribution in [3.8, 4) is 0 Å². The number of nitrogens with one attached hydrogen (secondary N) is 1. The third kappa shape index (κ3) is 3.27. The number of fused-ring (bicyclic) bond motifs is 1. The highest BCUT2D eigenvalue weighted by Gasteiger charge is 2.30. The van der Waals surface area contributed by atoms with Crippen molar-refractivity contribution in [1.82, 2.24) is 5.32 Å². The lowest BCUT2D eigenvalue weighted by atomic mass is 10.0. The summed E-state index contributed by atoms with van der Waals surface area (Å²) in [4.78, 5) is 12.4. The number of halogens is 1. The van der Waals surface area contributed by atoms with E-state index in [1.54, 1.807) is 42.5 Å².